The van der Waals surface area contributed by atoms with Crippen LogP contribution < -0.4 is 4.74 Å². The molecule has 2 aromatic carbocycles. The molecule has 2 rings (SSSR count). The number of rotatable bonds is 4. The second kappa shape index (κ2) is 5.53. The van der Waals surface area contributed by atoms with E-state index in [-0.39, 0.29) is 0 Å². The van der Waals surface area contributed by atoms with Crippen molar-refractivity contribution in [2.45, 2.75) is 20.3 Å². The molecule has 1 nitrogen and oxygen atoms in total. The molecule has 0 heterocycles. The summed E-state index contributed by atoms with van der Waals surface area (Å²) >= 11 is 0. The Bertz CT molecular complexity index is 488. The molecular formula is C16H18O. The van der Waals surface area contributed by atoms with Crippen LogP contribution in [0.4, 0.5) is 0 Å². The van der Waals surface area contributed by atoms with Gasteiger partial charge in [-0.15, -0.1) is 0 Å². The van der Waals surface area contributed by atoms with E-state index in [2.05, 4.69) is 43.3 Å². The van der Waals surface area contributed by atoms with Gasteiger partial charge in [0.05, 0.1) is 6.61 Å². The molecule has 0 bridgehead atoms. The van der Waals surface area contributed by atoms with Gasteiger partial charge >= 0.3 is 0 Å². The lowest BCUT2D eigenvalue weighted by molar-refractivity contribution is 0.340. The van der Waals surface area contributed by atoms with Crippen molar-refractivity contribution in [2.75, 3.05) is 6.61 Å². The van der Waals surface area contributed by atoms with E-state index in [0.29, 0.717) is 6.61 Å². The first-order chi connectivity index (χ1) is 8.35. The van der Waals surface area contributed by atoms with Gasteiger partial charge in [-0.3, -0.25) is 0 Å². The van der Waals surface area contributed by atoms with E-state index in [1.807, 2.05) is 19.1 Å². The fraction of sp³-hybridized carbons (Fsp3) is 0.250. The summed E-state index contributed by atoms with van der Waals surface area (Å²) in [5.41, 5.74) is 3.91. The fourth-order valence-corrected chi connectivity index (χ4v) is 2.03. The van der Waals surface area contributed by atoms with E-state index < -0.39 is 0 Å². The Labute approximate surface area is 103 Å². The number of benzene rings is 2. The standard InChI is InChI=1S/C16H18O/c1-3-13-8-5-6-11-16(13)14-9-7-10-15(12-14)17-4-2/h5-12H,3-4H2,1-2H3. The van der Waals surface area contributed by atoms with Crippen LogP contribution in [-0.2, 0) is 6.42 Å². The second-order valence-electron chi connectivity index (χ2n) is 3.97. The largest absolute Gasteiger partial charge is 0.494 e. The lowest BCUT2D eigenvalue weighted by Crippen LogP contribution is -1.92. The van der Waals surface area contributed by atoms with Crippen molar-refractivity contribution in [1.29, 1.82) is 0 Å². The smallest absolute Gasteiger partial charge is 0.119 e. The van der Waals surface area contributed by atoms with Gasteiger partial charge in [0, 0.05) is 0 Å². The maximum atomic E-state index is 5.54. The molecule has 0 amide bonds. The molecule has 0 saturated heterocycles. The summed E-state index contributed by atoms with van der Waals surface area (Å²) in [6.07, 6.45) is 1.05. The lowest BCUT2D eigenvalue weighted by Gasteiger charge is -2.09. The van der Waals surface area contributed by atoms with E-state index in [4.69, 9.17) is 4.74 Å². The number of aryl methyl sites for hydroxylation is 1. The molecule has 0 spiro atoms. The Morgan fingerprint density at radius 2 is 1.76 bits per heavy atom. The molecular weight excluding hydrogens is 208 g/mol. The van der Waals surface area contributed by atoms with E-state index in [1.54, 1.807) is 0 Å². The van der Waals surface area contributed by atoms with Gasteiger partial charge in [0.15, 0.2) is 0 Å². The van der Waals surface area contributed by atoms with Gasteiger partial charge in [-0.2, -0.15) is 0 Å². The van der Waals surface area contributed by atoms with Crippen molar-refractivity contribution in [2.24, 2.45) is 0 Å². The Kier molecular flexibility index (Phi) is 3.81. The molecule has 2 aromatic rings. The molecule has 0 radical (unpaired) electrons. The fourth-order valence-electron chi connectivity index (χ4n) is 2.03. The predicted octanol–water partition coefficient (Wildman–Crippen LogP) is 4.31. The van der Waals surface area contributed by atoms with E-state index >= 15 is 0 Å². The van der Waals surface area contributed by atoms with Gasteiger partial charge < -0.3 is 4.74 Å². The van der Waals surface area contributed by atoms with Crippen LogP contribution in [0.3, 0.4) is 0 Å². The quantitative estimate of drug-likeness (QED) is 0.754. The molecule has 17 heavy (non-hydrogen) atoms. The summed E-state index contributed by atoms with van der Waals surface area (Å²) in [5.74, 6) is 0.941. The van der Waals surface area contributed by atoms with Gasteiger partial charge in [-0.1, -0.05) is 43.3 Å². The first-order valence-electron chi connectivity index (χ1n) is 6.16. The van der Waals surface area contributed by atoms with Crippen LogP contribution in [0, 0.1) is 0 Å². The van der Waals surface area contributed by atoms with Gasteiger partial charge in [-0.05, 0) is 42.2 Å². The summed E-state index contributed by atoms with van der Waals surface area (Å²) in [6.45, 7) is 4.90. The molecule has 0 atom stereocenters. The Hall–Kier alpha value is -1.76. The molecule has 0 aliphatic carbocycles. The topological polar surface area (TPSA) is 9.23 Å². The molecule has 88 valence electrons. The highest BCUT2D eigenvalue weighted by atomic mass is 16.5. The zero-order valence-electron chi connectivity index (χ0n) is 10.4. The summed E-state index contributed by atoms with van der Waals surface area (Å²) in [4.78, 5) is 0. The minimum absolute atomic E-state index is 0.707. The Morgan fingerprint density at radius 1 is 0.941 bits per heavy atom. The minimum Gasteiger partial charge on any atom is -0.494 e. The summed E-state index contributed by atoms with van der Waals surface area (Å²) in [5, 5.41) is 0. The van der Waals surface area contributed by atoms with Gasteiger partial charge in [0.25, 0.3) is 0 Å². The Morgan fingerprint density at radius 3 is 2.53 bits per heavy atom. The zero-order valence-corrected chi connectivity index (χ0v) is 10.4. The molecule has 0 aliphatic heterocycles. The number of hydrogen-bond acceptors (Lipinski definition) is 1. The SMILES string of the molecule is CCOc1cccc(-c2ccccc2CC)c1. The molecule has 1 heteroatoms. The maximum Gasteiger partial charge on any atom is 0.119 e. The highest BCUT2D eigenvalue weighted by Gasteiger charge is 2.03. The lowest BCUT2D eigenvalue weighted by atomic mass is 9.98. The third-order valence-corrected chi connectivity index (χ3v) is 2.85. The van der Waals surface area contributed by atoms with Crippen LogP contribution in [0.15, 0.2) is 48.5 Å². The van der Waals surface area contributed by atoms with Crippen molar-refractivity contribution >= 4 is 0 Å². The molecule has 0 N–H and O–H groups in total. The zero-order chi connectivity index (χ0) is 12.1. The maximum absolute atomic E-state index is 5.54. The average Bonchev–Trinajstić information content (AvgIpc) is 2.39. The van der Waals surface area contributed by atoms with Crippen molar-refractivity contribution in [3.63, 3.8) is 0 Å². The first kappa shape index (κ1) is 11.7. The van der Waals surface area contributed by atoms with Crippen LogP contribution in [0.25, 0.3) is 11.1 Å². The number of ether oxygens (including phenoxy) is 1. The van der Waals surface area contributed by atoms with Crippen LogP contribution in [0.5, 0.6) is 5.75 Å². The first-order valence-corrected chi connectivity index (χ1v) is 6.16. The molecule has 0 unspecified atom stereocenters. The van der Waals surface area contributed by atoms with Crippen molar-refractivity contribution in [1.82, 2.24) is 0 Å². The summed E-state index contributed by atoms with van der Waals surface area (Å²) in [7, 11) is 0. The minimum atomic E-state index is 0.707. The van der Waals surface area contributed by atoms with E-state index in [1.165, 1.54) is 16.7 Å². The molecule has 0 fully saturated rings. The second-order valence-corrected chi connectivity index (χ2v) is 3.97. The monoisotopic (exact) mass is 226 g/mol. The molecule has 0 saturated carbocycles. The van der Waals surface area contributed by atoms with E-state index in [0.717, 1.165) is 12.2 Å². The van der Waals surface area contributed by atoms with E-state index in [9.17, 15) is 0 Å². The van der Waals surface area contributed by atoms with Crippen LogP contribution >= 0.6 is 0 Å². The predicted molar refractivity (Wildman–Crippen MR) is 72.4 cm³/mol. The van der Waals surface area contributed by atoms with Crippen LogP contribution in [-0.4, -0.2) is 6.61 Å². The summed E-state index contributed by atoms with van der Waals surface area (Å²) < 4.78 is 5.54. The van der Waals surface area contributed by atoms with Crippen molar-refractivity contribution in [3.05, 3.63) is 54.1 Å². The number of hydrogen-bond donors (Lipinski definition) is 0. The Balaban J connectivity index is 2.41. The normalized spacial score (nSPS) is 10.2. The third-order valence-electron chi connectivity index (χ3n) is 2.85. The molecule has 0 aliphatic rings. The van der Waals surface area contributed by atoms with Gasteiger partial charge in [0.2, 0.25) is 0 Å². The summed E-state index contributed by atoms with van der Waals surface area (Å²) in [6, 6.07) is 16.8. The van der Waals surface area contributed by atoms with Crippen molar-refractivity contribution in [3.8, 4) is 16.9 Å². The highest BCUT2D eigenvalue weighted by molar-refractivity contribution is 5.68. The van der Waals surface area contributed by atoms with Crippen LogP contribution in [0.1, 0.15) is 19.4 Å². The van der Waals surface area contributed by atoms with Crippen molar-refractivity contribution < 1.29 is 4.74 Å². The highest BCUT2D eigenvalue weighted by Crippen LogP contribution is 2.27. The molecule has 0 aromatic heterocycles. The van der Waals surface area contributed by atoms with Gasteiger partial charge in [0.1, 0.15) is 5.75 Å². The van der Waals surface area contributed by atoms with Gasteiger partial charge in [-0.25, -0.2) is 0 Å². The average molecular weight is 226 g/mol. The third kappa shape index (κ3) is 2.68. The van der Waals surface area contributed by atoms with Crippen LogP contribution in [0.2, 0.25) is 0 Å².